The van der Waals surface area contributed by atoms with E-state index < -0.39 is 11.6 Å². The number of phenolic OH excluding ortho intramolecular Hbond substituents is 2. The number of rotatable bonds is 30. The van der Waals surface area contributed by atoms with Gasteiger partial charge in [0.25, 0.3) is 0 Å². The molecule has 6 fully saturated rings. The molecule has 2 aromatic carbocycles. The van der Waals surface area contributed by atoms with Crippen molar-refractivity contribution in [3.05, 3.63) is 109 Å². The fourth-order valence-corrected chi connectivity index (χ4v) is 14.3. The number of aromatic hydroxyl groups is 2. The number of ether oxygens (including phenoxy) is 5. The van der Waals surface area contributed by atoms with Gasteiger partial charge in [0.2, 0.25) is 0 Å². The first-order chi connectivity index (χ1) is 47.6. The number of carbonyl (C=O) groups excluding carboxylic acids is 1. The van der Waals surface area contributed by atoms with Gasteiger partial charge in [-0.15, -0.1) is 20.4 Å². The van der Waals surface area contributed by atoms with Gasteiger partial charge in [0.1, 0.15) is 17.1 Å². The van der Waals surface area contributed by atoms with Crippen molar-refractivity contribution >= 4 is 46.3 Å². The SMILES string of the molecule is CC(C)(C)OC(=O)CN1CCN(CCOCCOCCCc2cc(N3C4CCC3CN(c3cc(-c5ccccc5O)nnc3N)C4)ccn2)CC1.Nc1nnc(-c2ccccc2O)cc1N1CC2CCC(C1)N2c1ccnc(CCCOCCOCCN2CCN(CC(=O)O)CC2)c1. The molecular formula is C72H100N16O10. The van der Waals surface area contributed by atoms with Gasteiger partial charge in [0.05, 0.1) is 75.5 Å². The molecule has 6 aliphatic heterocycles. The molecule has 4 unspecified atom stereocenters. The molecule has 6 saturated heterocycles. The maximum Gasteiger partial charge on any atom is 0.320 e. The fourth-order valence-electron chi connectivity index (χ4n) is 14.3. The third kappa shape index (κ3) is 19.9. The van der Waals surface area contributed by atoms with E-state index in [1.165, 1.54) is 11.4 Å². The number of carbonyl (C=O) groups is 2. The topological polar surface area (TPSA) is 296 Å². The molecule has 10 heterocycles. The Bertz CT molecular complexity index is 3510. The maximum atomic E-state index is 12.1. The number of aliphatic carboxylic acids is 1. The molecule has 0 spiro atoms. The molecule has 26 heteroatoms. The molecule has 0 saturated carbocycles. The van der Waals surface area contributed by atoms with E-state index in [1.54, 1.807) is 24.3 Å². The summed E-state index contributed by atoms with van der Waals surface area (Å²) in [6.45, 7) is 23.1. The third-order valence-electron chi connectivity index (χ3n) is 19.2. The lowest BCUT2D eigenvalue weighted by atomic mass is 10.1. The predicted molar refractivity (Wildman–Crippen MR) is 378 cm³/mol. The molecule has 0 radical (unpaired) electrons. The zero-order chi connectivity index (χ0) is 68.4. The number of nitrogens with two attached hydrogens (primary N) is 2. The number of aryl methyl sites for hydroxylation is 2. The number of carboxylic acids is 1. The molecule has 6 aromatic rings. The van der Waals surface area contributed by atoms with Crippen molar-refractivity contribution in [2.45, 2.75) is 102 Å². The number of aromatic nitrogens is 6. The summed E-state index contributed by atoms with van der Waals surface area (Å²) >= 11 is 0. The van der Waals surface area contributed by atoms with Crippen molar-refractivity contribution in [3.63, 3.8) is 0 Å². The van der Waals surface area contributed by atoms with Crippen molar-refractivity contribution in [2.75, 3.05) is 189 Å². The summed E-state index contributed by atoms with van der Waals surface area (Å²) in [4.78, 5) is 50.8. The van der Waals surface area contributed by atoms with Gasteiger partial charge in [-0.25, -0.2) is 0 Å². The van der Waals surface area contributed by atoms with E-state index in [0.29, 0.717) is 118 Å². The number of carboxylic acid groups (broad SMARTS) is 1. The summed E-state index contributed by atoms with van der Waals surface area (Å²) in [5.74, 6) is 0.237. The number of hydrogen-bond acceptors (Lipinski definition) is 25. The highest BCUT2D eigenvalue weighted by Gasteiger charge is 2.42. The first-order valence-electron chi connectivity index (χ1n) is 35.0. The van der Waals surface area contributed by atoms with Gasteiger partial charge in [-0.3, -0.25) is 39.2 Å². The zero-order valence-electron chi connectivity index (χ0n) is 57.3. The molecule has 0 aliphatic carbocycles. The summed E-state index contributed by atoms with van der Waals surface area (Å²) < 4.78 is 28.7. The minimum absolute atomic E-state index is 0.120. The van der Waals surface area contributed by atoms with Crippen molar-refractivity contribution in [1.82, 2.24) is 50.0 Å². The third-order valence-corrected chi connectivity index (χ3v) is 19.2. The Kier molecular flexibility index (Phi) is 25.2. The first kappa shape index (κ1) is 71.2. The fraction of sp³-hybridized carbons (Fsp3) is 0.556. The van der Waals surface area contributed by atoms with Gasteiger partial charge in [0, 0.05) is 175 Å². The highest BCUT2D eigenvalue weighted by molar-refractivity contribution is 5.76. The molecule has 4 aromatic heterocycles. The Morgan fingerprint density at radius 1 is 0.500 bits per heavy atom. The maximum absolute atomic E-state index is 12.1. The molecule has 98 heavy (non-hydrogen) atoms. The van der Waals surface area contributed by atoms with Crippen LogP contribution in [-0.2, 0) is 46.1 Å². The second-order valence-electron chi connectivity index (χ2n) is 27.3. The van der Waals surface area contributed by atoms with Gasteiger partial charge >= 0.3 is 11.9 Å². The minimum atomic E-state index is -0.766. The van der Waals surface area contributed by atoms with E-state index in [9.17, 15) is 19.8 Å². The van der Waals surface area contributed by atoms with Gasteiger partial charge in [-0.2, -0.15) is 0 Å². The number of esters is 1. The molecule has 4 bridgehead atoms. The van der Waals surface area contributed by atoms with E-state index >= 15 is 0 Å². The second kappa shape index (κ2) is 34.6. The van der Waals surface area contributed by atoms with Crippen LogP contribution in [0.25, 0.3) is 22.5 Å². The van der Waals surface area contributed by atoms with Crippen molar-refractivity contribution in [1.29, 1.82) is 0 Å². The Morgan fingerprint density at radius 2 is 0.888 bits per heavy atom. The quantitative estimate of drug-likeness (QED) is 0.0257. The summed E-state index contributed by atoms with van der Waals surface area (Å²) in [6.07, 6.45) is 11.8. The number of pyridine rings is 2. The van der Waals surface area contributed by atoms with Crippen LogP contribution in [0.1, 0.15) is 70.7 Å². The number of anilines is 6. The van der Waals surface area contributed by atoms with Crippen LogP contribution in [0.5, 0.6) is 11.5 Å². The lowest BCUT2D eigenvalue weighted by Gasteiger charge is -2.43. The molecule has 12 rings (SSSR count). The highest BCUT2D eigenvalue weighted by atomic mass is 16.6. The van der Waals surface area contributed by atoms with Gasteiger partial charge in [-0.05, 0) is 133 Å². The van der Waals surface area contributed by atoms with E-state index in [4.69, 9.17) is 40.3 Å². The van der Waals surface area contributed by atoms with Crippen LogP contribution in [0.2, 0.25) is 0 Å². The normalized spacial score (nSPS) is 20.0. The first-order valence-corrected chi connectivity index (χ1v) is 35.0. The van der Waals surface area contributed by atoms with Crippen LogP contribution < -0.4 is 31.1 Å². The number of piperazine rings is 4. The molecule has 0 amide bonds. The molecule has 26 nitrogen and oxygen atoms in total. The average molecular weight is 1350 g/mol. The smallest absolute Gasteiger partial charge is 0.320 e. The number of nitrogen functional groups attached to an aromatic ring is 2. The van der Waals surface area contributed by atoms with Crippen LogP contribution in [0.3, 0.4) is 0 Å². The van der Waals surface area contributed by atoms with E-state index in [1.807, 2.05) is 74.5 Å². The number of fused-ring (bicyclic) bond motifs is 4. The largest absolute Gasteiger partial charge is 0.507 e. The van der Waals surface area contributed by atoms with E-state index in [0.717, 1.165) is 166 Å². The summed E-state index contributed by atoms with van der Waals surface area (Å²) in [7, 11) is 0. The molecule has 528 valence electrons. The Morgan fingerprint density at radius 3 is 1.29 bits per heavy atom. The predicted octanol–water partition coefficient (Wildman–Crippen LogP) is 5.96. The highest BCUT2D eigenvalue weighted by Crippen LogP contribution is 2.41. The second-order valence-corrected chi connectivity index (χ2v) is 27.3. The average Bonchev–Trinajstić information content (AvgIpc) is 1.62. The van der Waals surface area contributed by atoms with Crippen LogP contribution in [-0.4, -0.2) is 265 Å². The monoisotopic (exact) mass is 1350 g/mol. The van der Waals surface area contributed by atoms with Gasteiger partial charge < -0.3 is 70.1 Å². The van der Waals surface area contributed by atoms with Crippen molar-refractivity contribution in [3.8, 4) is 34.0 Å². The Balaban J connectivity index is 0.000000199. The number of hydrogen-bond donors (Lipinski definition) is 5. The molecule has 4 atom stereocenters. The zero-order valence-corrected chi connectivity index (χ0v) is 57.3. The minimum Gasteiger partial charge on any atom is -0.507 e. The van der Waals surface area contributed by atoms with Crippen LogP contribution >= 0.6 is 0 Å². The summed E-state index contributed by atoms with van der Waals surface area (Å²) in [5, 5.41) is 46.6. The molecular weight excluding hydrogens is 1250 g/mol. The van der Waals surface area contributed by atoms with Crippen LogP contribution in [0, 0.1) is 0 Å². The summed E-state index contributed by atoms with van der Waals surface area (Å²) in [5.41, 5.74) is 21.1. The Hall–Kier alpha value is -8.08. The number of para-hydroxylation sites is 2. The van der Waals surface area contributed by atoms with Crippen molar-refractivity contribution in [2.24, 2.45) is 0 Å². The number of nitrogens with zero attached hydrogens (tertiary/aromatic N) is 14. The summed E-state index contributed by atoms with van der Waals surface area (Å²) in [6, 6.07) is 28.4. The van der Waals surface area contributed by atoms with Crippen LogP contribution in [0.4, 0.5) is 34.4 Å². The lowest BCUT2D eigenvalue weighted by Crippen LogP contribution is -2.54. The van der Waals surface area contributed by atoms with E-state index in [2.05, 4.69) is 88.9 Å². The number of phenols is 2. The standard InChI is InChI=1S/C38H54N8O5.C34H46N8O5/c1-38(2,3)51-36(48)27-44-16-14-43(15-17-44)18-20-50-22-21-49-19-6-7-28-23-29(12-13-40-28)46-30-10-11-31(46)26-45(25-30)34-24-33(41-42-37(34)39)32-8-4-5-9-35(32)47;35-34-31(21-30(37-38-34)29-5-1-2-6-32(29)43)41-22-27-7-8-28(23-41)42(27)26-9-10-36-25(20-26)4-3-16-46-18-19-47-17-15-39-11-13-40(14-12-39)24-33(44)45/h4-5,8-9,12-13,23-24,30-31,47H,6-7,10-11,14-22,25-27H2,1-3H3,(H2,39,42);1-2,5-6,9-10,20-21,27-28,43H,3-4,7-8,11-19,22-24H2,(H2,35,38)(H,44,45). The van der Waals surface area contributed by atoms with E-state index in [-0.39, 0.29) is 24.0 Å². The molecule has 6 aliphatic rings. The number of benzene rings is 2. The van der Waals surface area contributed by atoms with Crippen molar-refractivity contribution < 1.29 is 48.6 Å². The van der Waals surface area contributed by atoms with Gasteiger partial charge in [-0.1, -0.05) is 24.3 Å². The van der Waals surface area contributed by atoms with Crippen LogP contribution in [0.15, 0.2) is 97.3 Å². The molecule has 7 N–H and O–H groups in total. The lowest BCUT2D eigenvalue weighted by molar-refractivity contribution is -0.156. The van der Waals surface area contributed by atoms with Gasteiger partial charge in [0.15, 0.2) is 11.6 Å². The Labute approximate surface area is 575 Å².